The van der Waals surface area contributed by atoms with Crippen molar-refractivity contribution >= 4 is 18.3 Å². The van der Waals surface area contributed by atoms with Gasteiger partial charge in [0.05, 0.1) is 24.4 Å². The van der Waals surface area contributed by atoms with Crippen molar-refractivity contribution in [2.75, 3.05) is 19.7 Å². The first-order valence-corrected chi connectivity index (χ1v) is 7.37. The molecule has 1 amide bonds. The highest BCUT2D eigenvalue weighted by atomic mass is 35.5. The van der Waals surface area contributed by atoms with E-state index in [1.165, 1.54) is 0 Å². The van der Waals surface area contributed by atoms with Crippen LogP contribution >= 0.6 is 12.4 Å². The van der Waals surface area contributed by atoms with Crippen LogP contribution in [0.2, 0.25) is 0 Å². The van der Waals surface area contributed by atoms with Gasteiger partial charge in [0, 0.05) is 12.6 Å². The maximum atomic E-state index is 12.0. The smallest absolute Gasteiger partial charge is 0.220 e. The van der Waals surface area contributed by atoms with Gasteiger partial charge in [-0.05, 0) is 44.3 Å². The van der Waals surface area contributed by atoms with Crippen molar-refractivity contribution in [3.63, 3.8) is 0 Å². The molecular weight excluding hydrogens is 292 g/mol. The number of nitrogens with one attached hydrogen (secondary N) is 3. The van der Waals surface area contributed by atoms with Crippen molar-refractivity contribution in [3.8, 4) is 0 Å². The Balaban J connectivity index is 0.00000161. The maximum Gasteiger partial charge on any atom is 0.220 e. The van der Waals surface area contributed by atoms with Gasteiger partial charge in [-0.15, -0.1) is 12.4 Å². The zero-order valence-electron chi connectivity index (χ0n) is 12.1. The highest BCUT2D eigenvalue weighted by Gasteiger charge is 2.41. The molecule has 1 aromatic heterocycles. The molecule has 3 rings (SSSR count). The average molecular weight is 315 g/mol. The van der Waals surface area contributed by atoms with Crippen LogP contribution in [0.4, 0.5) is 0 Å². The molecule has 1 aromatic rings. The average Bonchev–Trinajstić information content (AvgIpc) is 3.08. The van der Waals surface area contributed by atoms with Gasteiger partial charge in [0.1, 0.15) is 0 Å². The Morgan fingerprint density at radius 2 is 2.29 bits per heavy atom. The van der Waals surface area contributed by atoms with E-state index in [0.717, 1.165) is 44.3 Å². The minimum atomic E-state index is 0. The molecule has 1 spiro atoms. The fraction of sp³-hybridized carbons (Fsp3) is 0.714. The molecule has 6 nitrogen and oxygen atoms in total. The Kier molecular flexibility index (Phi) is 5.61. The van der Waals surface area contributed by atoms with Crippen LogP contribution < -0.4 is 10.6 Å². The lowest BCUT2D eigenvalue weighted by Gasteiger charge is -2.32. The lowest BCUT2D eigenvalue weighted by molar-refractivity contribution is -0.121. The number of halogens is 1. The Morgan fingerprint density at radius 3 is 3.00 bits per heavy atom. The highest BCUT2D eigenvalue weighted by Crippen LogP contribution is 2.33. The predicted molar refractivity (Wildman–Crippen MR) is 81.5 cm³/mol. The van der Waals surface area contributed by atoms with Gasteiger partial charge in [0.25, 0.3) is 0 Å². The molecule has 3 N–H and O–H groups in total. The number of piperidine rings is 1. The van der Waals surface area contributed by atoms with Gasteiger partial charge in [-0.1, -0.05) is 0 Å². The molecule has 0 bridgehead atoms. The molecule has 7 heteroatoms. The summed E-state index contributed by atoms with van der Waals surface area (Å²) in [6.07, 6.45) is 7.87. The van der Waals surface area contributed by atoms with Crippen LogP contribution in [-0.4, -0.2) is 47.4 Å². The largest absolute Gasteiger partial charge is 0.373 e. The number of hydrogen-bond donors (Lipinski definition) is 3. The van der Waals surface area contributed by atoms with E-state index in [4.69, 9.17) is 4.74 Å². The second-order valence-corrected chi connectivity index (χ2v) is 5.82. The van der Waals surface area contributed by atoms with Crippen LogP contribution in [-0.2, 0) is 16.0 Å². The van der Waals surface area contributed by atoms with E-state index >= 15 is 0 Å². The van der Waals surface area contributed by atoms with E-state index in [1.807, 2.05) is 6.20 Å². The predicted octanol–water partition coefficient (Wildman–Crippen LogP) is 0.791. The van der Waals surface area contributed by atoms with Gasteiger partial charge < -0.3 is 15.4 Å². The molecule has 0 aliphatic carbocycles. The summed E-state index contributed by atoms with van der Waals surface area (Å²) in [5.74, 6) is 0.103. The van der Waals surface area contributed by atoms with Gasteiger partial charge in [-0.3, -0.25) is 9.89 Å². The number of carbonyl (C=O) groups excluding carboxylic acids is 1. The first kappa shape index (κ1) is 16.3. The third-order valence-electron chi connectivity index (χ3n) is 4.28. The zero-order chi connectivity index (χ0) is 13.8. The molecule has 0 radical (unpaired) electrons. The van der Waals surface area contributed by atoms with Crippen LogP contribution in [0.15, 0.2) is 12.4 Å². The Labute approximate surface area is 130 Å². The number of aromatic nitrogens is 2. The lowest BCUT2D eigenvalue weighted by Crippen LogP contribution is -2.43. The normalized spacial score (nSPS) is 23.7. The van der Waals surface area contributed by atoms with Crippen LogP contribution in [0.1, 0.15) is 31.2 Å². The molecule has 1 atom stereocenters. The summed E-state index contributed by atoms with van der Waals surface area (Å²) < 4.78 is 5.98. The second-order valence-electron chi connectivity index (χ2n) is 5.82. The Bertz CT molecular complexity index is 446. The van der Waals surface area contributed by atoms with E-state index in [9.17, 15) is 4.79 Å². The van der Waals surface area contributed by atoms with E-state index < -0.39 is 0 Å². The van der Waals surface area contributed by atoms with Crippen molar-refractivity contribution in [2.24, 2.45) is 0 Å². The van der Waals surface area contributed by atoms with Gasteiger partial charge in [0.15, 0.2) is 0 Å². The number of rotatable bonds is 4. The fourth-order valence-electron chi connectivity index (χ4n) is 3.14. The van der Waals surface area contributed by atoms with Crippen molar-refractivity contribution in [1.82, 2.24) is 20.8 Å². The minimum absolute atomic E-state index is 0. The van der Waals surface area contributed by atoms with Crippen LogP contribution in [0, 0.1) is 0 Å². The van der Waals surface area contributed by atoms with E-state index in [2.05, 4.69) is 20.8 Å². The summed E-state index contributed by atoms with van der Waals surface area (Å²) >= 11 is 0. The van der Waals surface area contributed by atoms with E-state index in [0.29, 0.717) is 13.0 Å². The van der Waals surface area contributed by atoms with Crippen molar-refractivity contribution in [3.05, 3.63) is 18.0 Å². The molecule has 2 aliphatic heterocycles. The number of amides is 1. The molecule has 3 heterocycles. The summed E-state index contributed by atoms with van der Waals surface area (Å²) in [5.41, 5.74) is 1.07. The lowest BCUT2D eigenvalue weighted by atomic mass is 9.88. The summed E-state index contributed by atoms with van der Waals surface area (Å²) in [6, 6.07) is 0.171. The van der Waals surface area contributed by atoms with Gasteiger partial charge in [0.2, 0.25) is 5.91 Å². The fourth-order valence-corrected chi connectivity index (χ4v) is 3.14. The standard InChI is InChI=1S/C14H22N4O2.ClH/c19-13(2-1-11-8-16-17-9-11)18-12-7-14(20-10-12)3-5-15-6-4-14;/h8-9,12,15H,1-7,10H2,(H,16,17)(H,18,19);1H. The number of H-pyrrole nitrogens is 1. The number of nitrogens with zero attached hydrogens (tertiary/aromatic N) is 1. The molecule has 0 aromatic carbocycles. The molecule has 1 unspecified atom stereocenters. The summed E-state index contributed by atoms with van der Waals surface area (Å²) in [6.45, 7) is 2.68. The van der Waals surface area contributed by atoms with Crippen LogP contribution in [0.5, 0.6) is 0 Å². The van der Waals surface area contributed by atoms with Crippen LogP contribution in [0.25, 0.3) is 0 Å². The summed E-state index contributed by atoms with van der Waals surface area (Å²) in [4.78, 5) is 12.0. The minimum Gasteiger partial charge on any atom is -0.373 e. The zero-order valence-corrected chi connectivity index (χ0v) is 12.9. The van der Waals surface area contributed by atoms with Crippen molar-refractivity contribution in [1.29, 1.82) is 0 Å². The van der Waals surface area contributed by atoms with Crippen molar-refractivity contribution in [2.45, 2.75) is 43.7 Å². The molecule has 0 saturated carbocycles. The quantitative estimate of drug-likeness (QED) is 0.768. The van der Waals surface area contributed by atoms with Gasteiger partial charge >= 0.3 is 0 Å². The second kappa shape index (κ2) is 7.24. The molecule has 21 heavy (non-hydrogen) atoms. The first-order chi connectivity index (χ1) is 9.76. The topological polar surface area (TPSA) is 79.0 Å². The van der Waals surface area contributed by atoms with E-state index in [-0.39, 0.29) is 30.0 Å². The molecule has 2 fully saturated rings. The third-order valence-corrected chi connectivity index (χ3v) is 4.28. The molecule has 118 valence electrons. The van der Waals surface area contributed by atoms with Gasteiger partial charge in [-0.25, -0.2) is 0 Å². The van der Waals surface area contributed by atoms with Gasteiger partial charge in [-0.2, -0.15) is 5.10 Å². The van der Waals surface area contributed by atoms with Crippen molar-refractivity contribution < 1.29 is 9.53 Å². The number of aromatic amines is 1. The molecule has 2 aliphatic rings. The monoisotopic (exact) mass is 314 g/mol. The Morgan fingerprint density at radius 1 is 1.48 bits per heavy atom. The first-order valence-electron chi connectivity index (χ1n) is 7.37. The number of ether oxygens (including phenoxy) is 1. The Hall–Kier alpha value is -1.11. The van der Waals surface area contributed by atoms with E-state index in [1.54, 1.807) is 6.20 Å². The number of carbonyl (C=O) groups is 1. The third kappa shape index (κ3) is 4.18. The highest BCUT2D eigenvalue weighted by molar-refractivity contribution is 5.85. The maximum absolute atomic E-state index is 12.0. The number of aryl methyl sites for hydroxylation is 1. The number of hydrogen-bond acceptors (Lipinski definition) is 4. The molecular formula is C14H23ClN4O2. The molecule has 2 saturated heterocycles. The SMILES string of the molecule is Cl.O=C(CCc1cn[nH]c1)NC1COC2(CCNCC2)C1. The summed E-state index contributed by atoms with van der Waals surface area (Å²) in [5, 5.41) is 13.1. The van der Waals surface area contributed by atoms with Crippen LogP contribution in [0.3, 0.4) is 0 Å². The summed E-state index contributed by atoms with van der Waals surface area (Å²) in [7, 11) is 0.